The van der Waals surface area contributed by atoms with E-state index in [4.69, 9.17) is 43.5 Å². The van der Waals surface area contributed by atoms with Crippen molar-refractivity contribution in [3.05, 3.63) is 29.8 Å². The lowest BCUT2D eigenvalue weighted by molar-refractivity contribution is -0.149. The summed E-state index contributed by atoms with van der Waals surface area (Å²) in [6.07, 6.45) is -2.17. The van der Waals surface area contributed by atoms with Crippen LogP contribution in [0.15, 0.2) is 24.3 Å². The van der Waals surface area contributed by atoms with Crippen molar-refractivity contribution >= 4 is 46.7 Å². The lowest BCUT2D eigenvalue weighted by atomic mass is 10.0. The first-order valence-electron chi connectivity index (χ1n) is 7.53. The number of nitrogens with zero attached hydrogens (tertiary/aromatic N) is 1. The Morgan fingerprint density at radius 3 is 2.19 bits per heavy atom. The Balaban J connectivity index is 2.84. The molecule has 0 bridgehead atoms. The molecule has 5 N–H and O–H groups in total. The molecule has 1 aromatic carbocycles. The number of ether oxygens (including phenoxy) is 1. The van der Waals surface area contributed by atoms with Gasteiger partial charge in [-0.3, -0.25) is 24.8 Å². The van der Waals surface area contributed by atoms with Gasteiger partial charge in [-0.25, -0.2) is 0 Å². The smallest absolute Gasteiger partial charge is 0.306 e. The summed E-state index contributed by atoms with van der Waals surface area (Å²) in [6, 6.07) is 4.12. The molecule has 0 saturated carbocycles. The van der Waals surface area contributed by atoms with E-state index in [1.165, 1.54) is 24.3 Å². The van der Waals surface area contributed by atoms with Crippen molar-refractivity contribution in [2.45, 2.75) is 29.8 Å². The van der Waals surface area contributed by atoms with Crippen LogP contribution in [0.25, 0.3) is 0 Å². The SMILES string of the molecule is O=C(O)CCC(=O)OCC(NC(=O)C(Cl)Cl)C(O)c1ccc(N(O)O)cc1. The van der Waals surface area contributed by atoms with E-state index in [1.807, 2.05) is 0 Å². The number of halogens is 2. The topological polar surface area (TPSA) is 157 Å². The maximum absolute atomic E-state index is 11.7. The summed E-state index contributed by atoms with van der Waals surface area (Å²) in [5, 5.41) is 39.0. The molecule has 0 spiro atoms. The zero-order valence-corrected chi connectivity index (χ0v) is 15.3. The first-order valence-corrected chi connectivity index (χ1v) is 8.41. The number of hydrogen-bond acceptors (Lipinski definition) is 8. The summed E-state index contributed by atoms with van der Waals surface area (Å²) < 4.78 is 4.89. The number of anilines is 1. The number of esters is 1. The van der Waals surface area contributed by atoms with Gasteiger partial charge in [0.15, 0.2) is 4.84 Å². The van der Waals surface area contributed by atoms with Gasteiger partial charge in [0.25, 0.3) is 5.91 Å². The third kappa shape index (κ3) is 7.97. The van der Waals surface area contributed by atoms with Crippen LogP contribution in [0, 0.1) is 0 Å². The molecule has 27 heavy (non-hydrogen) atoms. The monoisotopic (exact) mass is 424 g/mol. The van der Waals surface area contributed by atoms with Gasteiger partial charge >= 0.3 is 11.9 Å². The van der Waals surface area contributed by atoms with Gasteiger partial charge in [-0.2, -0.15) is 0 Å². The lowest BCUT2D eigenvalue weighted by Gasteiger charge is -2.25. The Morgan fingerprint density at radius 1 is 1.11 bits per heavy atom. The standard InChI is InChI=1S/C15H18Cl2N2O8/c16-14(17)15(24)18-10(7-27-12(22)6-5-11(20)21)13(23)8-1-3-9(4-2-8)19(25)26/h1-4,10,13-14,23,25-26H,5-7H2,(H,18,24)(H,20,21). The number of rotatable bonds is 10. The summed E-state index contributed by atoms with van der Waals surface area (Å²) in [5.41, 5.74) is 0.279. The first-order chi connectivity index (χ1) is 12.6. The quantitative estimate of drug-likeness (QED) is 0.210. The van der Waals surface area contributed by atoms with Crippen molar-refractivity contribution in [2.24, 2.45) is 0 Å². The highest BCUT2D eigenvalue weighted by Gasteiger charge is 2.26. The van der Waals surface area contributed by atoms with Crippen LogP contribution in [0.4, 0.5) is 5.69 Å². The van der Waals surface area contributed by atoms with Crippen LogP contribution in [0.3, 0.4) is 0 Å². The van der Waals surface area contributed by atoms with E-state index in [9.17, 15) is 19.5 Å². The molecular weight excluding hydrogens is 407 g/mol. The molecule has 0 aliphatic heterocycles. The second kappa shape index (κ2) is 10.9. The second-order valence-electron chi connectivity index (χ2n) is 5.32. The number of aliphatic carboxylic acids is 1. The molecule has 0 fully saturated rings. The van der Waals surface area contributed by atoms with Gasteiger partial charge in [0.05, 0.1) is 24.6 Å². The Bertz CT molecular complexity index is 654. The van der Waals surface area contributed by atoms with Crippen molar-refractivity contribution in [3.63, 3.8) is 0 Å². The van der Waals surface area contributed by atoms with E-state index >= 15 is 0 Å². The Labute approximate surface area is 163 Å². The van der Waals surface area contributed by atoms with Crippen LogP contribution in [0.2, 0.25) is 0 Å². The number of carbonyl (C=O) groups excluding carboxylic acids is 2. The molecule has 0 aliphatic carbocycles. The highest BCUT2D eigenvalue weighted by Crippen LogP contribution is 2.21. The Morgan fingerprint density at radius 2 is 1.70 bits per heavy atom. The van der Waals surface area contributed by atoms with E-state index in [0.29, 0.717) is 0 Å². The molecule has 1 aromatic rings. The Kier molecular flexibility index (Phi) is 9.26. The van der Waals surface area contributed by atoms with E-state index in [1.54, 1.807) is 0 Å². The number of aliphatic hydroxyl groups excluding tert-OH is 1. The highest BCUT2D eigenvalue weighted by molar-refractivity contribution is 6.53. The molecule has 1 amide bonds. The molecule has 2 unspecified atom stereocenters. The average molecular weight is 425 g/mol. The normalized spacial score (nSPS) is 13.0. The van der Waals surface area contributed by atoms with E-state index in [-0.39, 0.29) is 22.9 Å². The molecule has 2 atom stereocenters. The molecule has 0 heterocycles. The number of nitrogens with one attached hydrogen (secondary N) is 1. The van der Waals surface area contributed by atoms with Crippen LogP contribution in [-0.2, 0) is 19.1 Å². The van der Waals surface area contributed by atoms with Gasteiger partial charge < -0.3 is 20.3 Å². The lowest BCUT2D eigenvalue weighted by Crippen LogP contribution is -2.45. The van der Waals surface area contributed by atoms with Gasteiger partial charge in [0.2, 0.25) is 0 Å². The highest BCUT2D eigenvalue weighted by atomic mass is 35.5. The molecular formula is C15H18Cl2N2O8. The summed E-state index contributed by atoms with van der Waals surface area (Å²) in [7, 11) is 0. The third-order valence-electron chi connectivity index (χ3n) is 3.34. The third-order valence-corrected chi connectivity index (χ3v) is 3.74. The fourth-order valence-electron chi connectivity index (χ4n) is 1.96. The summed E-state index contributed by atoms with van der Waals surface area (Å²) >= 11 is 10.9. The minimum Gasteiger partial charge on any atom is -0.481 e. The number of hydrogen-bond donors (Lipinski definition) is 5. The molecule has 1 rings (SSSR count). The predicted octanol–water partition coefficient (Wildman–Crippen LogP) is 1.00. The van der Waals surface area contributed by atoms with E-state index < -0.39 is 47.9 Å². The summed E-state index contributed by atoms with van der Waals surface area (Å²) in [5.74, 6) is -2.84. The number of carboxylic acids is 1. The van der Waals surface area contributed by atoms with Crippen molar-refractivity contribution < 1.29 is 39.7 Å². The van der Waals surface area contributed by atoms with Crippen molar-refractivity contribution in [1.29, 1.82) is 0 Å². The summed E-state index contributed by atoms with van der Waals surface area (Å²) in [4.78, 5) is 32.3. The number of carbonyl (C=O) groups is 3. The van der Waals surface area contributed by atoms with Gasteiger partial charge in [0, 0.05) is 0 Å². The zero-order chi connectivity index (χ0) is 20.6. The number of benzene rings is 1. The Hall–Kier alpha value is -2.11. The van der Waals surface area contributed by atoms with Gasteiger partial charge in [-0.1, -0.05) is 35.3 Å². The molecule has 10 nitrogen and oxygen atoms in total. The van der Waals surface area contributed by atoms with Gasteiger partial charge in [-0.05, 0) is 17.7 Å². The zero-order valence-electron chi connectivity index (χ0n) is 13.8. The van der Waals surface area contributed by atoms with E-state index in [2.05, 4.69) is 5.32 Å². The maximum Gasteiger partial charge on any atom is 0.306 e. The van der Waals surface area contributed by atoms with Crippen LogP contribution in [-0.4, -0.2) is 56.0 Å². The molecule has 0 aromatic heterocycles. The number of alkyl halides is 2. The fourth-order valence-corrected chi connectivity index (χ4v) is 2.08. The predicted molar refractivity (Wildman–Crippen MR) is 92.7 cm³/mol. The van der Waals surface area contributed by atoms with Crippen LogP contribution in [0.1, 0.15) is 24.5 Å². The van der Waals surface area contributed by atoms with Crippen molar-refractivity contribution in [1.82, 2.24) is 5.32 Å². The van der Waals surface area contributed by atoms with Crippen LogP contribution >= 0.6 is 23.2 Å². The van der Waals surface area contributed by atoms with Crippen LogP contribution in [0.5, 0.6) is 0 Å². The van der Waals surface area contributed by atoms with Gasteiger partial charge in [0.1, 0.15) is 12.7 Å². The van der Waals surface area contributed by atoms with Crippen molar-refractivity contribution in [2.75, 3.05) is 11.8 Å². The molecule has 0 radical (unpaired) electrons. The first kappa shape index (κ1) is 22.9. The molecule has 0 aliphatic rings. The number of carboxylic acid groups (broad SMARTS) is 1. The number of aliphatic hydroxyl groups is 1. The van der Waals surface area contributed by atoms with Crippen LogP contribution < -0.4 is 10.5 Å². The minimum absolute atomic E-state index is 0.0215. The minimum atomic E-state index is -1.43. The largest absolute Gasteiger partial charge is 0.481 e. The molecule has 150 valence electrons. The van der Waals surface area contributed by atoms with Gasteiger partial charge in [-0.15, -0.1) is 5.23 Å². The fraction of sp³-hybridized carbons (Fsp3) is 0.400. The average Bonchev–Trinajstić information content (AvgIpc) is 2.62. The second-order valence-corrected chi connectivity index (χ2v) is 6.41. The molecule has 0 saturated heterocycles. The number of amides is 1. The maximum atomic E-state index is 11.7. The molecule has 12 heteroatoms. The summed E-state index contributed by atoms with van der Waals surface area (Å²) in [6.45, 7) is -0.472. The van der Waals surface area contributed by atoms with Crippen molar-refractivity contribution in [3.8, 4) is 0 Å². The van der Waals surface area contributed by atoms with E-state index in [0.717, 1.165) is 0 Å².